The Balaban J connectivity index is 1.50. The van der Waals surface area contributed by atoms with E-state index in [-0.39, 0.29) is 12.5 Å². The van der Waals surface area contributed by atoms with E-state index in [0.29, 0.717) is 5.92 Å². The quantitative estimate of drug-likeness (QED) is 0.762. The van der Waals surface area contributed by atoms with Crippen LogP contribution in [0.2, 0.25) is 0 Å². The molecule has 0 unspecified atom stereocenters. The van der Waals surface area contributed by atoms with E-state index in [9.17, 15) is 4.79 Å². The second kappa shape index (κ2) is 8.78. The van der Waals surface area contributed by atoms with Gasteiger partial charge < -0.3 is 14.2 Å². The predicted octanol–water partition coefficient (Wildman–Crippen LogP) is 3.45. The summed E-state index contributed by atoms with van der Waals surface area (Å²) >= 11 is 0. The van der Waals surface area contributed by atoms with Crippen LogP contribution >= 0.6 is 0 Å². The highest BCUT2D eigenvalue weighted by Crippen LogP contribution is 2.24. The molecule has 1 aliphatic heterocycles. The Kier molecular flexibility index (Phi) is 6.39. The number of ether oxygens (including phenoxy) is 1. The molecule has 1 aromatic heterocycles. The van der Waals surface area contributed by atoms with Gasteiger partial charge in [-0.15, -0.1) is 0 Å². The maximum atomic E-state index is 12.6. The van der Waals surface area contributed by atoms with E-state index in [1.807, 2.05) is 25.7 Å². The lowest BCUT2D eigenvalue weighted by atomic mass is 10.0. The van der Waals surface area contributed by atoms with Crippen molar-refractivity contribution in [3.8, 4) is 5.75 Å². The molecule has 0 saturated carbocycles. The summed E-state index contributed by atoms with van der Waals surface area (Å²) in [5.74, 6) is 2.16. The summed E-state index contributed by atoms with van der Waals surface area (Å²) in [4.78, 5) is 16.8. The zero-order chi connectivity index (χ0) is 20.3. The summed E-state index contributed by atoms with van der Waals surface area (Å²) in [6.45, 7) is 14.3. The van der Waals surface area contributed by atoms with Crippen LogP contribution in [-0.2, 0) is 11.3 Å². The van der Waals surface area contributed by atoms with Crippen LogP contribution in [-0.4, -0.2) is 53.6 Å². The number of hydrogen-bond donors (Lipinski definition) is 0. The number of nitrogens with zero attached hydrogens (tertiary/aromatic N) is 3. The Labute approximate surface area is 167 Å². The van der Waals surface area contributed by atoms with E-state index in [0.717, 1.165) is 61.1 Å². The molecular formula is C22H31N3O3. The molecule has 0 radical (unpaired) electrons. The molecule has 6 nitrogen and oxygen atoms in total. The smallest absolute Gasteiger partial charge is 0.260 e. The van der Waals surface area contributed by atoms with Crippen molar-refractivity contribution in [3.05, 3.63) is 46.3 Å². The predicted molar refractivity (Wildman–Crippen MR) is 109 cm³/mol. The molecule has 0 aliphatic carbocycles. The number of piperazine rings is 1. The van der Waals surface area contributed by atoms with Crippen molar-refractivity contribution in [1.29, 1.82) is 0 Å². The molecule has 2 aromatic rings. The third-order valence-electron chi connectivity index (χ3n) is 5.52. The molecule has 6 heteroatoms. The lowest BCUT2D eigenvalue weighted by Crippen LogP contribution is -2.49. The molecule has 152 valence electrons. The first kappa shape index (κ1) is 20.4. The summed E-state index contributed by atoms with van der Waals surface area (Å²) in [6, 6.07) is 6.23. The first-order chi connectivity index (χ1) is 13.3. The monoisotopic (exact) mass is 385 g/mol. The average Bonchev–Trinajstić information content (AvgIpc) is 2.99. The van der Waals surface area contributed by atoms with Crippen molar-refractivity contribution < 1.29 is 14.1 Å². The van der Waals surface area contributed by atoms with E-state index in [2.05, 4.69) is 42.1 Å². The van der Waals surface area contributed by atoms with Crippen LogP contribution in [0.25, 0.3) is 0 Å². The van der Waals surface area contributed by atoms with E-state index < -0.39 is 0 Å². The zero-order valence-electron chi connectivity index (χ0n) is 17.6. The summed E-state index contributed by atoms with van der Waals surface area (Å²) in [5.41, 5.74) is 4.38. The van der Waals surface area contributed by atoms with Gasteiger partial charge in [0, 0.05) is 38.3 Å². The lowest BCUT2D eigenvalue weighted by molar-refractivity contribution is -0.135. The van der Waals surface area contributed by atoms with Crippen molar-refractivity contribution in [2.75, 3.05) is 32.8 Å². The van der Waals surface area contributed by atoms with E-state index in [4.69, 9.17) is 9.26 Å². The highest BCUT2D eigenvalue weighted by molar-refractivity contribution is 5.78. The van der Waals surface area contributed by atoms with Crippen LogP contribution < -0.4 is 4.74 Å². The van der Waals surface area contributed by atoms with Crippen LogP contribution in [0.3, 0.4) is 0 Å². The summed E-state index contributed by atoms with van der Waals surface area (Å²) < 4.78 is 11.1. The van der Waals surface area contributed by atoms with Crippen LogP contribution in [0.15, 0.2) is 22.7 Å². The van der Waals surface area contributed by atoms with Gasteiger partial charge in [-0.05, 0) is 43.9 Å². The van der Waals surface area contributed by atoms with Gasteiger partial charge in [-0.1, -0.05) is 31.1 Å². The molecule has 0 spiro atoms. The van der Waals surface area contributed by atoms with Crippen molar-refractivity contribution >= 4 is 5.91 Å². The minimum atomic E-state index is 0.0475. The van der Waals surface area contributed by atoms with Crippen LogP contribution in [0.1, 0.15) is 47.9 Å². The first-order valence-corrected chi connectivity index (χ1v) is 10.0. The van der Waals surface area contributed by atoms with Crippen molar-refractivity contribution in [3.63, 3.8) is 0 Å². The van der Waals surface area contributed by atoms with Gasteiger partial charge in [-0.25, -0.2) is 0 Å². The maximum Gasteiger partial charge on any atom is 0.260 e. The SMILES string of the molecule is Cc1ccc(C(C)C)cc1OCC(=O)N1CCN(Cc2c(C)noc2C)CC1. The summed E-state index contributed by atoms with van der Waals surface area (Å²) in [5, 5.41) is 4.02. The molecule has 1 aliphatic rings. The van der Waals surface area contributed by atoms with Gasteiger partial charge in [0.2, 0.25) is 0 Å². The highest BCUT2D eigenvalue weighted by Gasteiger charge is 2.23. The van der Waals surface area contributed by atoms with E-state index >= 15 is 0 Å². The number of carbonyl (C=O) groups is 1. The fourth-order valence-electron chi connectivity index (χ4n) is 3.47. The Bertz CT molecular complexity index is 801. The lowest BCUT2D eigenvalue weighted by Gasteiger charge is -2.34. The van der Waals surface area contributed by atoms with Crippen molar-refractivity contribution in [1.82, 2.24) is 15.0 Å². The van der Waals surface area contributed by atoms with Crippen LogP contribution in [0, 0.1) is 20.8 Å². The van der Waals surface area contributed by atoms with Gasteiger partial charge in [-0.2, -0.15) is 0 Å². The van der Waals surface area contributed by atoms with E-state index in [1.165, 1.54) is 5.56 Å². The molecule has 0 bridgehead atoms. The molecule has 1 aromatic carbocycles. The largest absolute Gasteiger partial charge is 0.483 e. The number of benzene rings is 1. The average molecular weight is 386 g/mol. The second-order valence-electron chi connectivity index (χ2n) is 7.93. The second-order valence-corrected chi connectivity index (χ2v) is 7.93. The minimum absolute atomic E-state index is 0.0475. The molecule has 1 amide bonds. The summed E-state index contributed by atoms with van der Waals surface area (Å²) in [6.07, 6.45) is 0. The molecule has 28 heavy (non-hydrogen) atoms. The molecular weight excluding hydrogens is 354 g/mol. The molecule has 1 saturated heterocycles. The van der Waals surface area contributed by atoms with Crippen molar-refractivity contribution in [2.45, 2.75) is 47.1 Å². The molecule has 0 atom stereocenters. The van der Waals surface area contributed by atoms with Gasteiger partial charge in [-0.3, -0.25) is 9.69 Å². The Morgan fingerprint density at radius 2 is 1.89 bits per heavy atom. The Morgan fingerprint density at radius 3 is 2.50 bits per heavy atom. The van der Waals surface area contributed by atoms with Gasteiger partial charge >= 0.3 is 0 Å². The van der Waals surface area contributed by atoms with Gasteiger partial charge in [0.1, 0.15) is 11.5 Å². The highest BCUT2D eigenvalue weighted by atomic mass is 16.5. The van der Waals surface area contributed by atoms with E-state index in [1.54, 1.807) is 0 Å². The third-order valence-corrected chi connectivity index (χ3v) is 5.52. The normalized spacial score (nSPS) is 15.3. The first-order valence-electron chi connectivity index (χ1n) is 10.0. The molecule has 3 rings (SSSR count). The number of carbonyl (C=O) groups excluding carboxylic acids is 1. The third kappa shape index (κ3) is 4.73. The molecule has 1 fully saturated rings. The van der Waals surface area contributed by atoms with Crippen molar-refractivity contribution in [2.24, 2.45) is 0 Å². The Hall–Kier alpha value is -2.34. The fraction of sp³-hybridized carbons (Fsp3) is 0.545. The number of amides is 1. The molecule has 0 N–H and O–H groups in total. The van der Waals surface area contributed by atoms with Gasteiger partial charge in [0.25, 0.3) is 5.91 Å². The minimum Gasteiger partial charge on any atom is -0.483 e. The zero-order valence-corrected chi connectivity index (χ0v) is 17.6. The number of hydrogen-bond acceptors (Lipinski definition) is 5. The van der Waals surface area contributed by atoms with Crippen LogP contribution in [0.5, 0.6) is 5.75 Å². The Morgan fingerprint density at radius 1 is 1.18 bits per heavy atom. The van der Waals surface area contributed by atoms with Crippen LogP contribution in [0.4, 0.5) is 0 Å². The topological polar surface area (TPSA) is 58.8 Å². The maximum absolute atomic E-state index is 12.6. The molecule has 2 heterocycles. The standard InChI is InChI=1S/C22H31N3O3/c1-15(2)19-7-6-16(3)21(12-19)27-14-22(26)25-10-8-24(9-11-25)13-20-17(4)23-28-18(20)5/h6-7,12,15H,8-11,13-14H2,1-5H3. The number of aryl methyl sites for hydroxylation is 3. The summed E-state index contributed by atoms with van der Waals surface area (Å²) in [7, 11) is 0. The van der Waals surface area contributed by atoms with Gasteiger partial charge in [0.05, 0.1) is 5.69 Å². The number of rotatable bonds is 6. The fourth-order valence-corrected chi connectivity index (χ4v) is 3.47. The van der Waals surface area contributed by atoms with Gasteiger partial charge in [0.15, 0.2) is 6.61 Å². The number of aromatic nitrogens is 1.